The van der Waals surface area contributed by atoms with Gasteiger partial charge in [0.2, 0.25) is 0 Å². The van der Waals surface area contributed by atoms with Crippen molar-refractivity contribution in [2.24, 2.45) is 0 Å². The summed E-state index contributed by atoms with van der Waals surface area (Å²) in [6.07, 6.45) is 0.0835. The van der Waals surface area contributed by atoms with Crippen molar-refractivity contribution in [2.75, 3.05) is 0 Å². The van der Waals surface area contributed by atoms with Crippen LogP contribution >= 0.6 is 0 Å². The molecular formula is C23H28N2O2. The Morgan fingerprint density at radius 2 is 1.59 bits per heavy atom. The lowest BCUT2D eigenvalue weighted by Gasteiger charge is -2.17. The Morgan fingerprint density at radius 3 is 2.15 bits per heavy atom. The van der Waals surface area contributed by atoms with Crippen molar-refractivity contribution in [3.05, 3.63) is 58.5 Å². The minimum Gasteiger partial charge on any atom is -0.491 e. The molecule has 0 aliphatic rings. The van der Waals surface area contributed by atoms with E-state index >= 15 is 0 Å². The molecule has 4 nitrogen and oxygen atoms in total. The molecule has 1 heterocycles. The van der Waals surface area contributed by atoms with Crippen molar-refractivity contribution in [1.29, 1.82) is 0 Å². The molecule has 2 aromatic carbocycles. The van der Waals surface area contributed by atoms with Crippen LogP contribution in [-0.2, 0) is 0 Å². The summed E-state index contributed by atoms with van der Waals surface area (Å²) in [6.45, 7) is 12.3. The van der Waals surface area contributed by atoms with Gasteiger partial charge in [-0.15, -0.1) is 0 Å². The molecule has 0 amide bonds. The first-order valence-electron chi connectivity index (χ1n) is 9.61. The Hall–Kier alpha value is -2.62. The first-order chi connectivity index (χ1) is 12.8. The number of nitrogens with zero attached hydrogens (tertiary/aromatic N) is 2. The highest BCUT2D eigenvalue weighted by atomic mass is 16.5. The second-order valence-corrected chi connectivity index (χ2v) is 7.83. The molecule has 0 atom stereocenters. The van der Waals surface area contributed by atoms with Gasteiger partial charge in [-0.05, 0) is 57.4 Å². The highest BCUT2D eigenvalue weighted by Gasteiger charge is 2.15. The van der Waals surface area contributed by atoms with E-state index in [9.17, 15) is 4.79 Å². The molecule has 0 spiro atoms. The van der Waals surface area contributed by atoms with E-state index in [1.807, 2.05) is 58.0 Å². The standard InChI is InChI=1S/C23H28N2O2/c1-14(2)17-7-9-18(10-8-17)22-20-13-19(27-16(5)6)11-12-21(20)25(15(3)4)23(26)24-22/h7-16H,1-6H3. The zero-order chi connectivity index (χ0) is 19.7. The van der Waals surface area contributed by atoms with Gasteiger partial charge >= 0.3 is 5.69 Å². The smallest absolute Gasteiger partial charge is 0.348 e. The summed E-state index contributed by atoms with van der Waals surface area (Å²) in [7, 11) is 0. The molecule has 0 fully saturated rings. The van der Waals surface area contributed by atoms with Crippen LogP contribution in [0.5, 0.6) is 5.75 Å². The maximum absolute atomic E-state index is 12.7. The molecule has 0 unspecified atom stereocenters. The van der Waals surface area contributed by atoms with Crippen LogP contribution in [0.2, 0.25) is 0 Å². The Labute approximate surface area is 160 Å². The molecule has 142 valence electrons. The van der Waals surface area contributed by atoms with E-state index in [2.05, 4.69) is 31.0 Å². The molecule has 0 aliphatic carbocycles. The lowest BCUT2D eigenvalue weighted by atomic mass is 9.99. The first kappa shape index (κ1) is 19.2. The molecule has 3 aromatic rings. The van der Waals surface area contributed by atoms with Gasteiger partial charge in [-0.2, -0.15) is 4.98 Å². The molecule has 0 saturated heterocycles. The lowest BCUT2D eigenvalue weighted by Crippen LogP contribution is -2.25. The van der Waals surface area contributed by atoms with Gasteiger partial charge in [-0.3, -0.25) is 4.57 Å². The highest BCUT2D eigenvalue weighted by Crippen LogP contribution is 2.31. The maximum Gasteiger partial charge on any atom is 0.348 e. The third-order valence-corrected chi connectivity index (χ3v) is 4.64. The fourth-order valence-electron chi connectivity index (χ4n) is 3.32. The third kappa shape index (κ3) is 3.90. The quantitative estimate of drug-likeness (QED) is 0.596. The van der Waals surface area contributed by atoms with Gasteiger partial charge < -0.3 is 4.74 Å². The van der Waals surface area contributed by atoms with Crippen LogP contribution in [0.4, 0.5) is 0 Å². The number of benzene rings is 2. The number of hydrogen-bond donors (Lipinski definition) is 0. The largest absolute Gasteiger partial charge is 0.491 e. The number of rotatable bonds is 5. The molecule has 3 rings (SSSR count). The van der Waals surface area contributed by atoms with Gasteiger partial charge in [-0.25, -0.2) is 4.79 Å². The Balaban J connectivity index is 2.27. The van der Waals surface area contributed by atoms with Crippen molar-refractivity contribution in [2.45, 2.75) is 59.6 Å². The summed E-state index contributed by atoms with van der Waals surface area (Å²) in [5, 5.41) is 0.929. The van der Waals surface area contributed by atoms with Crippen LogP contribution in [0, 0.1) is 0 Å². The van der Waals surface area contributed by atoms with Gasteiger partial charge in [0.15, 0.2) is 0 Å². The van der Waals surface area contributed by atoms with E-state index in [4.69, 9.17) is 4.74 Å². The van der Waals surface area contributed by atoms with Crippen LogP contribution < -0.4 is 10.4 Å². The van der Waals surface area contributed by atoms with E-state index in [1.165, 1.54) is 5.56 Å². The zero-order valence-electron chi connectivity index (χ0n) is 17.0. The number of fused-ring (bicyclic) bond motifs is 1. The van der Waals surface area contributed by atoms with Crippen LogP contribution in [0.1, 0.15) is 59.1 Å². The second-order valence-electron chi connectivity index (χ2n) is 7.83. The fraction of sp³-hybridized carbons (Fsp3) is 0.391. The van der Waals surface area contributed by atoms with E-state index < -0.39 is 0 Å². The number of hydrogen-bond acceptors (Lipinski definition) is 3. The second kappa shape index (κ2) is 7.55. The first-order valence-corrected chi connectivity index (χ1v) is 9.61. The molecule has 4 heteroatoms. The van der Waals surface area contributed by atoms with E-state index in [0.717, 1.165) is 22.2 Å². The number of aromatic nitrogens is 2. The topological polar surface area (TPSA) is 44.1 Å². The van der Waals surface area contributed by atoms with Crippen molar-refractivity contribution >= 4 is 10.9 Å². The van der Waals surface area contributed by atoms with Crippen LogP contribution in [-0.4, -0.2) is 15.7 Å². The summed E-state index contributed by atoms with van der Waals surface area (Å²) in [5.41, 5.74) is 3.57. The van der Waals surface area contributed by atoms with Gasteiger partial charge in [0, 0.05) is 17.0 Å². The van der Waals surface area contributed by atoms with Gasteiger partial charge in [0.05, 0.1) is 17.3 Å². The minimum atomic E-state index is -0.224. The van der Waals surface area contributed by atoms with Crippen molar-refractivity contribution in [3.63, 3.8) is 0 Å². The SMILES string of the molecule is CC(C)Oc1ccc2c(c1)c(-c1ccc(C(C)C)cc1)nc(=O)n2C(C)C. The fourth-order valence-corrected chi connectivity index (χ4v) is 3.32. The predicted molar refractivity (Wildman–Crippen MR) is 112 cm³/mol. The van der Waals surface area contributed by atoms with Gasteiger partial charge in [0.1, 0.15) is 5.75 Å². The molecular weight excluding hydrogens is 336 g/mol. The summed E-state index contributed by atoms with van der Waals surface area (Å²) in [5.74, 6) is 1.25. The Bertz CT molecular complexity index is 999. The molecule has 0 bridgehead atoms. The molecule has 0 aliphatic heterocycles. The highest BCUT2D eigenvalue weighted by molar-refractivity contribution is 5.93. The monoisotopic (exact) mass is 364 g/mol. The average molecular weight is 364 g/mol. The lowest BCUT2D eigenvalue weighted by molar-refractivity contribution is 0.242. The van der Waals surface area contributed by atoms with Crippen molar-refractivity contribution in [1.82, 2.24) is 9.55 Å². The molecule has 27 heavy (non-hydrogen) atoms. The number of ether oxygens (including phenoxy) is 1. The van der Waals surface area contributed by atoms with Crippen LogP contribution in [0.15, 0.2) is 47.3 Å². The van der Waals surface area contributed by atoms with E-state index in [1.54, 1.807) is 4.57 Å². The van der Waals surface area contributed by atoms with Crippen molar-refractivity contribution < 1.29 is 4.74 Å². The van der Waals surface area contributed by atoms with E-state index in [-0.39, 0.29) is 17.8 Å². The summed E-state index contributed by atoms with van der Waals surface area (Å²) in [4.78, 5) is 17.2. The minimum absolute atomic E-state index is 0.0294. The maximum atomic E-state index is 12.7. The summed E-state index contributed by atoms with van der Waals surface area (Å²) >= 11 is 0. The van der Waals surface area contributed by atoms with Gasteiger partial charge in [0.25, 0.3) is 0 Å². The zero-order valence-corrected chi connectivity index (χ0v) is 17.0. The molecule has 0 saturated carbocycles. The average Bonchev–Trinajstić information content (AvgIpc) is 2.60. The molecule has 0 N–H and O–H groups in total. The van der Waals surface area contributed by atoms with Crippen molar-refractivity contribution in [3.8, 4) is 17.0 Å². The summed E-state index contributed by atoms with van der Waals surface area (Å²) in [6, 6.07) is 14.2. The third-order valence-electron chi connectivity index (χ3n) is 4.64. The molecule has 0 radical (unpaired) electrons. The predicted octanol–water partition coefficient (Wildman–Crippen LogP) is 5.56. The van der Waals surface area contributed by atoms with Crippen LogP contribution in [0.3, 0.4) is 0 Å². The molecule has 1 aromatic heterocycles. The normalized spacial score (nSPS) is 11.7. The Kier molecular flexibility index (Phi) is 5.36. The summed E-state index contributed by atoms with van der Waals surface area (Å²) < 4.78 is 7.62. The van der Waals surface area contributed by atoms with E-state index in [0.29, 0.717) is 11.6 Å². The Morgan fingerprint density at radius 1 is 0.926 bits per heavy atom. The van der Waals surface area contributed by atoms with Crippen LogP contribution in [0.25, 0.3) is 22.2 Å². The van der Waals surface area contributed by atoms with Gasteiger partial charge in [-0.1, -0.05) is 38.1 Å².